The summed E-state index contributed by atoms with van der Waals surface area (Å²) in [6, 6.07) is 0. The van der Waals surface area contributed by atoms with Crippen molar-refractivity contribution in [2.75, 3.05) is 40.5 Å². The minimum absolute atomic E-state index is 0.228. The SMILES string of the molecule is CCC(O)CN(CCOC)CCC(=O)OC. The fourth-order valence-electron chi connectivity index (χ4n) is 1.29. The molecule has 96 valence electrons. The zero-order valence-electron chi connectivity index (χ0n) is 10.4. The fourth-order valence-corrected chi connectivity index (χ4v) is 1.29. The quantitative estimate of drug-likeness (QED) is 0.579. The molecule has 0 heterocycles. The molecule has 5 heteroatoms. The zero-order chi connectivity index (χ0) is 12.4. The van der Waals surface area contributed by atoms with Crippen LogP contribution in [0.5, 0.6) is 0 Å². The van der Waals surface area contributed by atoms with Gasteiger partial charge in [-0.1, -0.05) is 6.92 Å². The summed E-state index contributed by atoms with van der Waals surface area (Å²) in [4.78, 5) is 13.0. The number of hydrogen-bond acceptors (Lipinski definition) is 5. The lowest BCUT2D eigenvalue weighted by molar-refractivity contribution is -0.141. The van der Waals surface area contributed by atoms with Crippen LogP contribution < -0.4 is 0 Å². The Labute approximate surface area is 97.3 Å². The van der Waals surface area contributed by atoms with Gasteiger partial charge in [0, 0.05) is 26.7 Å². The van der Waals surface area contributed by atoms with Gasteiger partial charge in [0.25, 0.3) is 0 Å². The van der Waals surface area contributed by atoms with Crippen LogP contribution in [0.2, 0.25) is 0 Å². The van der Waals surface area contributed by atoms with Gasteiger partial charge in [0.1, 0.15) is 0 Å². The molecule has 0 rings (SSSR count). The standard InChI is InChI=1S/C11H23NO4/c1-4-10(13)9-12(7-8-15-2)6-5-11(14)16-3/h10,13H,4-9H2,1-3H3. The summed E-state index contributed by atoms with van der Waals surface area (Å²) >= 11 is 0. The molecule has 0 spiro atoms. The first-order valence-electron chi connectivity index (χ1n) is 5.60. The Bertz CT molecular complexity index is 187. The van der Waals surface area contributed by atoms with Crippen molar-refractivity contribution < 1.29 is 19.4 Å². The summed E-state index contributed by atoms with van der Waals surface area (Å²) in [5.41, 5.74) is 0. The number of carbonyl (C=O) groups is 1. The van der Waals surface area contributed by atoms with Gasteiger partial charge in [0.15, 0.2) is 0 Å². The molecule has 16 heavy (non-hydrogen) atoms. The van der Waals surface area contributed by atoms with E-state index in [1.807, 2.05) is 11.8 Å². The van der Waals surface area contributed by atoms with Gasteiger partial charge in [-0.2, -0.15) is 0 Å². The summed E-state index contributed by atoms with van der Waals surface area (Å²) in [6.07, 6.45) is 0.702. The predicted molar refractivity (Wildman–Crippen MR) is 61.2 cm³/mol. The molecule has 1 atom stereocenters. The minimum atomic E-state index is -0.352. The number of esters is 1. The summed E-state index contributed by atoms with van der Waals surface area (Å²) in [5.74, 6) is -0.228. The molecule has 0 aromatic carbocycles. The number of aliphatic hydroxyl groups excluding tert-OH is 1. The number of carbonyl (C=O) groups excluding carboxylic acids is 1. The Balaban J connectivity index is 3.93. The summed E-state index contributed by atoms with van der Waals surface area (Å²) in [6.45, 7) is 4.39. The van der Waals surface area contributed by atoms with E-state index in [0.717, 1.165) is 0 Å². The Morgan fingerprint density at radius 2 is 2.06 bits per heavy atom. The van der Waals surface area contributed by atoms with Gasteiger partial charge in [-0.05, 0) is 6.42 Å². The van der Waals surface area contributed by atoms with Gasteiger partial charge in [-0.15, -0.1) is 0 Å². The third-order valence-electron chi connectivity index (χ3n) is 2.41. The van der Waals surface area contributed by atoms with Gasteiger partial charge in [0.2, 0.25) is 0 Å². The Kier molecular flexibility index (Phi) is 9.18. The van der Waals surface area contributed by atoms with Crippen molar-refractivity contribution in [3.05, 3.63) is 0 Å². The third-order valence-corrected chi connectivity index (χ3v) is 2.41. The van der Waals surface area contributed by atoms with Crippen LogP contribution in [-0.2, 0) is 14.3 Å². The van der Waals surface area contributed by atoms with Crippen molar-refractivity contribution >= 4 is 5.97 Å². The smallest absolute Gasteiger partial charge is 0.306 e. The molecule has 0 saturated heterocycles. The summed E-state index contributed by atoms with van der Waals surface area (Å²) in [5, 5.41) is 9.55. The molecule has 1 N–H and O–H groups in total. The topological polar surface area (TPSA) is 59.0 Å². The van der Waals surface area contributed by atoms with Crippen LogP contribution in [0.3, 0.4) is 0 Å². The maximum atomic E-state index is 11.0. The lowest BCUT2D eigenvalue weighted by atomic mass is 10.2. The van der Waals surface area contributed by atoms with Crippen LogP contribution in [0.1, 0.15) is 19.8 Å². The van der Waals surface area contributed by atoms with E-state index in [-0.39, 0.29) is 12.1 Å². The van der Waals surface area contributed by atoms with E-state index in [1.54, 1.807) is 7.11 Å². The van der Waals surface area contributed by atoms with Crippen molar-refractivity contribution in [1.29, 1.82) is 0 Å². The van der Waals surface area contributed by atoms with Gasteiger partial charge in [-0.25, -0.2) is 0 Å². The molecule has 0 aromatic rings. The van der Waals surface area contributed by atoms with Crippen molar-refractivity contribution in [2.45, 2.75) is 25.9 Å². The summed E-state index contributed by atoms with van der Waals surface area (Å²) in [7, 11) is 3.01. The van der Waals surface area contributed by atoms with Crippen LogP contribution in [-0.4, -0.2) is 62.5 Å². The first-order valence-corrected chi connectivity index (χ1v) is 5.60. The number of aliphatic hydroxyl groups is 1. The predicted octanol–water partition coefficient (Wildman–Crippen LogP) is 0.269. The number of nitrogens with zero attached hydrogens (tertiary/aromatic N) is 1. The molecule has 0 saturated carbocycles. The highest BCUT2D eigenvalue weighted by molar-refractivity contribution is 5.69. The highest BCUT2D eigenvalue weighted by Crippen LogP contribution is 1.99. The van der Waals surface area contributed by atoms with E-state index in [0.29, 0.717) is 39.1 Å². The third kappa shape index (κ3) is 7.62. The highest BCUT2D eigenvalue weighted by atomic mass is 16.5. The molecule has 0 aromatic heterocycles. The van der Waals surface area contributed by atoms with E-state index in [2.05, 4.69) is 4.74 Å². The number of hydrogen-bond donors (Lipinski definition) is 1. The van der Waals surface area contributed by atoms with E-state index in [1.165, 1.54) is 7.11 Å². The maximum absolute atomic E-state index is 11.0. The number of methoxy groups -OCH3 is 2. The molecule has 1 unspecified atom stereocenters. The van der Waals surface area contributed by atoms with Crippen molar-refractivity contribution in [2.24, 2.45) is 0 Å². The Hall–Kier alpha value is -0.650. The normalized spacial score (nSPS) is 12.8. The molecule has 0 radical (unpaired) electrons. The van der Waals surface area contributed by atoms with Crippen molar-refractivity contribution in [1.82, 2.24) is 4.90 Å². The molecule has 0 fully saturated rings. The Morgan fingerprint density at radius 1 is 1.38 bits per heavy atom. The van der Waals surface area contributed by atoms with Crippen LogP contribution >= 0.6 is 0 Å². The van der Waals surface area contributed by atoms with Crippen molar-refractivity contribution in [3.8, 4) is 0 Å². The number of rotatable bonds is 9. The summed E-state index contributed by atoms with van der Waals surface area (Å²) < 4.78 is 9.56. The van der Waals surface area contributed by atoms with Gasteiger partial charge < -0.3 is 14.6 Å². The number of ether oxygens (including phenoxy) is 2. The van der Waals surface area contributed by atoms with Crippen LogP contribution in [0.4, 0.5) is 0 Å². The first kappa shape index (κ1) is 15.3. The second-order valence-corrected chi connectivity index (χ2v) is 3.68. The van der Waals surface area contributed by atoms with E-state index in [9.17, 15) is 9.90 Å². The largest absolute Gasteiger partial charge is 0.469 e. The van der Waals surface area contributed by atoms with E-state index in [4.69, 9.17) is 4.74 Å². The van der Waals surface area contributed by atoms with Gasteiger partial charge >= 0.3 is 5.97 Å². The highest BCUT2D eigenvalue weighted by Gasteiger charge is 2.12. The molecule has 0 aliphatic carbocycles. The molecule has 0 amide bonds. The lowest BCUT2D eigenvalue weighted by Crippen LogP contribution is -2.36. The molecule has 0 bridgehead atoms. The average molecular weight is 233 g/mol. The van der Waals surface area contributed by atoms with Crippen LogP contribution in [0.15, 0.2) is 0 Å². The Morgan fingerprint density at radius 3 is 2.56 bits per heavy atom. The van der Waals surface area contributed by atoms with Gasteiger partial charge in [0.05, 0.1) is 26.2 Å². The maximum Gasteiger partial charge on any atom is 0.306 e. The molecule has 0 aliphatic rings. The molecule has 5 nitrogen and oxygen atoms in total. The molecular formula is C11H23NO4. The molecule has 0 aliphatic heterocycles. The zero-order valence-corrected chi connectivity index (χ0v) is 10.4. The molecular weight excluding hydrogens is 210 g/mol. The van der Waals surface area contributed by atoms with Crippen LogP contribution in [0, 0.1) is 0 Å². The first-order chi connectivity index (χ1) is 7.63. The minimum Gasteiger partial charge on any atom is -0.469 e. The monoisotopic (exact) mass is 233 g/mol. The van der Waals surface area contributed by atoms with Crippen LogP contribution in [0.25, 0.3) is 0 Å². The van der Waals surface area contributed by atoms with Gasteiger partial charge in [-0.3, -0.25) is 9.69 Å². The second-order valence-electron chi connectivity index (χ2n) is 3.68. The van der Waals surface area contributed by atoms with Crippen molar-refractivity contribution in [3.63, 3.8) is 0 Å². The lowest BCUT2D eigenvalue weighted by Gasteiger charge is -2.23. The second kappa shape index (κ2) is 9.57. The van der Waals surface area contributed by atoms with E-state index < -0.39 is 0 Å². The average Bonchev–Trinajstić information content (AvgIpc) is 2.31. The fraction of sp³-hybridized carbons (Fsp3) is 0.909. The van der Waals surface area contributed by atoms with E-state index >= 15 is 0 Å².